The van der Waals surface area contributed by atoms with Gasteiger partial charge in [-0.1, -0.05) is 41.4 Å². The van der Waals surface area contributed by atoms with Gasteiger partial charge in [-0.25, -0.2) is 4.79 Å². The number of carbonyl (C=O) groups excluding carboxylic acids is 4. The van der Waals surface area contributed by atoms with Crippen LogP contribution in [0.2, 0.25) is 10.0 Å². The predicted molar refractivity (Wildman–Crippen MR) is 158 cm³/mol. The summed E-state index contributed by atoms with van der Waals surface area (Å²) < 4.78 is 4.27. The number of halogens is 2. The zero-order chi connectivity index (χ0) is 30.1. The second kappa shape index (κ2) is 14.6. The number of nitrogens with zero attached hydrogens (tertiary/aromatic N) is 4. The Hall–Kier alpha value is -4.21. The fraction of sp³-hybridized carbons (Fsp3) is 0.258. The van der Waals surface area contributed by atoms with E-state index in [0.717, 1.165) is 25.5 Å². The molecule has 1 aliphatic rings. The maximum Gasteiger partial charge on any atom is 0.374 e. The zero-order valence-electron chi connectivity index (χ0n) is 22.8. The first-order valence-corrected chi connectivity index (χ1v) is 14.0. The Morgan fingerprint density at radius 2 is 1.40 bits per heavy atom. The minimum Gasteiger partial charge on any atom is -0.463 e. The molecule has 216 valence electrons. The lowest BCUT2D eigenvalue weighted by Crippen LogP contribution is -2.42. The molecule has 42 heavy (non-hydrogen) atoms. The van der Waals surface area contributed by atoms with Crippen molar-refractivity contribution in [3.05, 3.63) is 100 Å². The summed E-state index contributed by atoms with van der Waals surface area (Å²) in [6.07, 6.45) is 6.37. The van der Waals surface area contributed by atoms with Gasteiger partial charge in [-0.15, -0.1) is 0 Å². The first kappa shape index (κ1) is 30.7. The molecule has 1 aliphatic heterocycles. The number of likely N-dealkylation sites (tertiary alicyclic amines) is 1. The number of esters is 1. The smallest absolute Gasteiger partial charge is 0.374 e. The number of benzene rings is 1. The number of aromatic nitrogens is 3. The number of pyridine rings is 3. The van der Waals surface area contributed by atoms with Crippen LogP contribution >= 0.6 is 23.2 Å². The van der Waals surface area contributed by atoms with Crippen LogP contribution in [0.1, 0.15) is 35.7 Å². The number of para-hydroxylation sites is 1. The topological polar surface area (TPSA) is 119 Å². The van der Waals surface area contributed by atoms with Crippen molar-refractivity contribution in [2.45, 2.75) is 31.6 Å². The summed E-state index contributed by atoms with van der Waals surface area (Å²) in [5.74, 6) is -1.97. The molecule has 0 saturated carbocycles. The monoisotopic (exact) mass is 606 g/mol. The lowest BCUT2D eigenvalue weighted by molar-refractivity contribution is -0.151. The van der Waals surface area contributed by atoms with Gasteiger partial charge < -0.3 is 9.64 Å². The van der Waals surface area contributed by atoms with Gasteiger partial charge in [0.05, 0.1) is 35.5 Å². The lowest BCUT2D eigenvalue weighted by atomic mass is 9.87. The van der Waals surface area contributed by atoms with Gasteiger partial charge in [0, 0.05) is 48.5 Å². The fourth-order valence-electron chi connectivity index (χ4n) is 4.66. The summed E-state index contributed by atoms with van der Waals surface area (Å²) >= 11 is 11.4. The van der Waals surface area contributed by atoms with Crippen molar-refractivity contribution < 1.29 is 23.9 Å². The molecular weight excluding hydrogens is 579 g/mol. The number of piperidine rings is 1. The van der Waals surface area contributed by atoms with Crippen molar-refractivity contribution in [1.29, 1.82) is 0 Å². The van der Waals surface area contributed by atoms with Gasteiger partial charge in [0.15, 0.2) is 0 Å². The number of Topliss-reactive ketones (excluding diaryl/α,β-unsaturated/α-hetero) is 2. The number of amides is 1. The summed E-state index contributed by atoms with van der Waals surface area (Å²) in [5, 5.41) is 2.16. The normalized spacial score (nSPS) is 13.2. The minimum absolute atomic E-state index is 0.00488. The van der Waals surface area contributed by atoms with E-state index in [1.165, 1.54) is 23.3 Å². The Kier molecular flexibility index (Phi) is 10.7. The van der Waals surface area contributed by atoms with Crippen LogP contribution in [0, 0.1) is 0 Å². The van der Waals surface area contributed by atoms with Crippen LogP contribution in [-0.4, -0.2) is 63.5 Å². The molecule has 0 radical (unpaired) electrons. The summed E-state index contributed by atoms with van der Waals surface area (Å²) in [6, 6.07) is 16.7. The summed E-state index contributed by atoms with van der Waals surface area (Å²) in [5.41, 5.74) is 3.31. The predicted octanol–water partition coefficient (Wildman–Crippen LogP) is 4.82. The maximum absolute atomic E-state index is 12.5. The van der Waals surface area contributed by atoms with Crippen molar-refractivity contribution in [1.82, 2.24) is 19.9 Å². The zero-order valence-corrected chi connectivity index (χ0v) is 24.3. The van der Waals surface area contributed by atoms with E-state index in [1.807, 2.05) is 24.4 Å². The van der Waals surface area contributed by atoms with Crippen molar-refractivity contribution >= 4 is 57.5 Å². The van der Waals surface area contributed by atoms with Gasteiger partial charge in [-0.05, 0) is 60.7 Å². The van der Waals surface area contributed by atoms with E-state index in [0.29, 0.717) is 40.4 Å². The van der Waals surface area contributed by atoms with Gasteiger partial charge in [0.1, 0.15) is 0 Å². The van der Waals surface area contributed by atoms with E-state index < -0.39 is 23.4 Å². The van der Waals surface area contributed by atoms with Gasteiger partial charge in [0.25, 0.3) is 5.91 Å². The third kappa shape index (κ3) is 8.18. The van der Waals surface area contributed by atoms with E-state index in [1.54, 1.807) is 29.2 Å². The number of carbonyl (C=O) groups is 4. The Labute approximate surface area is 252 Å². The van der Waals surface area contributed by atoms with E-state index in [2.05, 4.69) is 31.8 Å². The van der Waals surface area contributed by atoms with Crippen LogP contribution < -0.4 is 0 Å². The quantitative estimate of drug-likeness (QED) is 0.217. The van der Waals surface area contributed by atoms with Crippen LogP contribution in [-0.2, 0) is 36.8 Å². The van der Waals surface area contributed by atoms with Crippen LogP contribution in [0.4, 0.5) is 0 Å². The number of ether oxygens (including phenoxy) is 1. The number of rotatable bonds is 7. The lowest BCUT2D eigenvalue weighted by Gasteiger charge is -2.32. The van der Waals surface area contributed by atoms with Crippen molar-refractivity contribution in [2.75, 3.05) is 20.2 Å². The molecule has 0 unspecified atom stereocenters. The molecular formula is C31H28Cl2N4O5. The molecule has 0 atom stereocenters. The molecule has 1 aromatic carbocycles. The first-order valence-electron chi connectivity index (χ1n) is 13.2. The molecule has 0 bridgehead atoms. The molecule has 1 fully saturated rings. The highest BCUT2D eigenvalue weighted by atomic mass is 35.5. The minimum atomic E-state index is -0.859. The third-order valence-corrected chi connectivity index (χ3v) is 7.26. The van der Waals surface area contributed by atoms with E-state index >= 15 is 0 Å². The Morgan fingerprint density at radius 3 is 1.98 bits per heavy atom. The second-order valence-corrected chi connectivity index (χ2v) is 10.5. The van der Waals surface area contributed by atoms with Crippen LogP contribution in [0.15, 0.2) is 73.2 Å². The summed E-state index contributed by atoms with van der Waals surface area (Å²) in [4.78, 5) is 60.8. The Bertz CT molecular complexity index is 1570. The highest BCUT2D eigenvalue weighted by Gasteiger charge is 2.28. The van der Waals surface area contributed by atoms with E-state index in [4.69, 9.17) is 23.2 Å². The van der Waals surface area contributed by atoms with Gasteiger partial charge in [-0.2, -0.15) is 0 Å². The summed E-state index contributed by atoms with van der Waals surface area (Å²) in [6.45, 7) is 1.17. The van der Waals surface area contributed by atoms with Crippen molar-refractivity contribution in [3.8, 4) is 0 Å². The molecule has 1 amide bonds. The molecule has 1 saturated heterocycles. The number of fused-ring (bicyclic) bond motifs is 1. The van der Waals surface area contributed by atoms with E-state index in [9.17, 15) is 19.2 Å². The molecule has 0 aliphatic carbocycles. The van der Waals surface area contributed by atoms with Gasteiger partial charge in [0.2, 0.25) is 11.6 Å². The van der Waals surface area contributed by atoms with E-state index in [-0.39, 0.29) is 12.8 Å². The number of hydrogen-bond acceptors (Lipinski definition) is 8. The average Bonchev–Trinajstić information content (AvgIpc) is 3.02. The Balaban J connectivity index is 0.000000244. The molecule has 11 heteroatoms. The standard InChI is InChI=1S/C22H20ClN3O2.C9H8ClNO3/c23-16-5-6-17(25-14-16)13-21(27)22(28)26-11-8-15(9-12-26)18-7-10-24-20-4-2-1-3-19(18)20;1-14-9(13)8(12)4-7-3-2-6(10)5-11-7/h1-7,10,14-15H,8-9,11-13H2;2-3,5H,4H2,1H3. The molecule has 0 spiro atoms. The third-order valence-electron chi connectivity index (χ3n) is 6.82. The van der Waals surface area contributed by atoms with Crippen molar-refractivity contribution in [2.24, 2.45) is 0 Å². The number of ketones is 2. The number of methoxy groups -OCH3 is 1. The highest BCUT2D eigenvalue weighted by molar-refractivity contribution is 6.36. The molecule has 5 rings (SSSR count). The fourth-order valence-corrected chi connectivity index (χ4v) is 4.88. The van der Waals surface area contributed by atoms with Crippen LogP contribution in [0.25, 0.3) is 10.9 Å². The first-order chi connectivity index (χ1) is 20.2. The molecule has 9 nitrogen and oxygen atoms in total. The molecule has 4 aromatic rings. The highest BCUT2D eigenvalue weighted by Crippen LogP contribution is 2.32. The Morgan fingerprint density at radius 1 is 0.810 bits per heavy atom. The van der Waals surface area contributed by atoms with Gasteiger partial charge >= 0.3 is 5.97 Å². The largest absolute Gasteiger partial charge is 0.463 e. The average molecular weight is 607 g/mol. The van der Waals surface area contributed by atoms with Crippen LogP contribution in [0.5, 0.6) is 0 Å². The van der Waals surface area contributed by atoms with Crippen molar-refractivity contribution in [3.63, 3.8) is 0 Å². The molecule has 4 heterocycles. The SMILES string of the molecule is COC(=O)C(=O)Cc1ccc(Cl)cn1.O=C(Cc1ccc(Cl)cn1)C(=O)N1CCC(c2ccnc3ccccc23)CC1. The number of hydrogen-bond donors (Lipinski definition) is 0. The maximum atomic E-state index is 12.5. The summed E-state index contributed by atoms with van der Waals surface area (Å²) in [7, 11) is 1.16. The van der Waals surface area contributed by atoms with Crippen LogP contribution in [0.3, 0.4) is 0 Å². The molecule has 0 N–H and O–H groups in total. The van der Waals surface area contributed by atoms with Gasteiger partial charge in [-0.3, -0.25) is 29.3 Å². The second-order valence-electron chi connectivity index (χ2n) is 9.61. The molecule has 3 aromatic heterocycles.